The molecule has 1 aliphatic carbocycles. The predicted octanol–water partition coefficient (Wildman–Crippen LogP) is 1.45. The summed E-state index contributed by atoms with van der Waals surface area (Å²) in [6.45, 7) is 0. The zero-order valence-electron chi connectivity index (χ0n) is 10.3. The Morgan fingerprint density at radius 3 is 2.50 bits per heavy atom. The van der Waals surface area contributed by atoms with Crippen molar-refractivity contribution in [3.8, 4) is 5.88 Å². The average molecular weight is 305 g/mol. The van der Waals surface area contributed by atoms with Crippen LogP contribution in [0.1, 0.15) is 36.0 Å². The average Bonchev–Trinajstić information content (AvgIpc) is 2.30. The molecule has 0 aliphatic heterocycles. The Morgan fingerprint density at radius 2 is 1.95 bits per heavy atom. The molecule has 0 bridgehead atoms. The molecule has 9 heteroatoms. The van der Waals surface area contributed by atoms with Crippen molar-refractivity contribution in [1.29, 1.82) is 0 Å². The van der Waals surface area contributed by atoms with Crippen LogP contribution in [-0.4, -0.2) is 32.9 Å². The molecule has 0 unspecified atom stereocenters. The lowest BCUT2D eigenvalue weighted by molar-refractivity contribution is -0.0399. The first-order valence-corrected chi connectivity index (χ1v) is 6.43. The smallest absolute Gasteiger partial charge is 0.268 e. The maximum absolute atomic E-state index is 13.0. The first kappa shape index (κ1) is 14.6. The van der Waals surface area contributed by atoms with E-state index in [4.69, 9.17) is 0 Å². The van der Waals surface area contributed by atoms with Gasteiger partial charge in [0.15, 0.2) is 10.3 Å². The van der Waals surface area contributed by atoms with E-state index in [1.54, 1.807) is 0 Å². The number of rotatable bonds is 2. The molecule has 20 heavy (non-hydrogen) atoms. The molecule has 0 saturated heterocycles. The molecule has 2 rings (SSSR count). The molecule has 0 spiro atoms. The summed E-state index contributed by atoms with van der Waals surface area (Å²) in [4.78, 5) is 27.9. The van der Waals surface area contributed by atoms with E-state index in [1.165, 1.54) is 0 Å². The fraction of sp³-hybridized carbons (Fsp3) is 0.545. The van der Waals surface area contributed by atoms with Crippen molar-refractivity contribution >= 4 is 18.1 Å². The lowest BCUT2D eigenvalue weighted by atomic mass is 9.92. The summed E-state index contributed by atoms with van der Waals surface area (Å²) in [5, 5.41) is 12.0. The number of aromatic amines is 2. The quantitative estimate of drug-likeness (QED) is 0.622. The van der Waals surface area contributed by atoms with Crippen LogP contribution >= 0.6 is 12.2 Å². The van der Waals surface area contributed by atoms with E-state index in [0.717, 1.165) is 0 Å². The molecule has 0 atom stereocenters. The van der Waals surface area contributed by atoms with Gasteiger partial charge in [-0.25, -0.2) is 8.78 Å². The Bertz CT molecular complexity index is 631. The SMILES string of the molecule is O=C(NC1CCC(F)(F)CC1)c1c(O)[nH]c(=S)[nH]c1=O. The van der Waals surface area contributed by atoms with Gasteiger partial charge in [-0.05, 0) is 25.1 Å². The van der Waals surface area contributed by atoms with Gasteiger partial charge < -0.3 is 15.4 Å². The normalized spacial score (nSPS) is 18.7. The number of hydrogen-bond acceptors (Lipinski definition) is 4. The van der Waals surface area contributed by atoms with Gasteiger partial charge in [-0.3, -0.25) is 14.6 Å². The highest BCUT2D eigenvalue weighted by Crippen LogP contribution is 2.33. The van der Waals surface area contributed by atoms with E-state index in [-0.39, 0.29) is 30.5 Å². The van der Waals surface area contributed by atoms with Crippen molar-refractivity contribution in [2.45, 2.75) is 37.6 Å². The molecule has 0 radical (unpaired) electrons. The Morgan fingerprint density at radius 1 is 1.35 bits per heavy atom. The Hall–Kier alpha value is -1.77. The third kappa shape index (κ3) is 3.21. The third-order valence-electron chi connectivity index (χ3n) is 3.20. The van der Waals surface area contributed by atoms with E-state index >= 15 is 0 Å². The molecule has 4 N–H and O–H groups in total. The standard InChI is InChI=1S/C11H13F2N3O3S/c12-11(13)3-1-5(2-4-11)14-7(17)6-8(18)15-10(20)16-9(6)19/h5H,1-4H2,(H,14,17)(H3,15,16,18,19,20). The van der Waals surface area contributed by atoms with Crippen LogP contribution in [0.15, 0.2) is 4.79 Å². The predicted molar refractivity (Wildman–Crippen MR) is 68.6 cm³/mol. The Kier molecular flexibility index (Phi) is 3.89. The Labute approximate surface area is 117 Å². The lowest BCUT2D eigenvalue weighted by Crippen LogP contribution is -2.42. The Balaban J connectivity index is 2.10. The van der Waals surface area contributed by atoms with Crippen molar-refractivity contribution in [1.82, 2.24) is 15.3 Å². The second-order valence-electron chi connectivity index (χ2n) is 4.74. The third-order valence-corrected chi connectivity index (χ3v) is 3.41. The number of carbonyl (C=O) groups is 1. The van der Waals surface area contributed by atoms with E-state index in [9.17, 15) is 23.5 Å². The number of nitrogens with one attached hydrogen (secondary N) is 3. The largest absolute Gasteiger partial charge is 0.494 e. The summed E-state index contributed by atoms with van der Waals surface area (Å²) in [5.41, 5.74) is -1.33. The summed E-state index contributed by atoms with van der Waals surface area (Å²) in [5.74, 6) is -4.15. The maximum atomic E-state index is 13.0. The van der Waals surface area contributed by atoms with Crippen molar-refractivity contribution in [2.24, 2.45) is 0 Å². The van der Waals surface area contributed by atoms with E-state index in [1.807, 2.05) is 0 Å². The minimum atomic E-state index is -2.70. The molecule has 1 aliphatic rings. The number of hydrogen-bond donors (Lipinski definition) is 4. The number of aromatic hydroxyl groups is 1. The van der Waals surface area contributed by atoms with Crippen LogP contribution in [-0.2, 0) is 0 Å². The van der Waals surface area contributed by atoms with Crippen LogP contribution in [0.2, 0.25) is 0 Å². The fourth-order valence-corrected chi connectivity index (χ4v) is 2.32. The van der Waals surface area contributed by atoms with Crippen LogP contribution in [0.25, 0.3) is 0 Å². The number of halogens is 2. The number of carbonyl (C=O) groups excluding carboxylic acids is 1. The van der Waals surface area contributed by atoms with Gasteiger partial charge in [-0.1, -0.05) is 0 Å². The summed E-state index contributed by atoms with van der Waals surface area (Å²) in [6, 6.07) is -0.441. The molecule has 110 valence electrons. The molecule has 1 aromatic heterocycles. The number of alkyl halides is 2. The molecule has 1 fully saturated rings. The van der Waals surface area contributed by atoms with Gasteiger partial charge >= 0.3 is 0 Å². The first-order chi connectivity index (χ1) is 9.28. The molecule has 1 heterocycles. The summed E-state index contributed by atoms with van der Waals surface area (Å²) in [7, 11) is 0. The maximum Gasteiger partial charge on any atom is 0.268 e. The summed E-state index contributed by atoms with van der Waals surface area (Å²) < 4.78 is 25.9. The molecule has 0 aromatic carbocycles. The van der Waals surface area contributed by atoms with Crippen LogP contribution in [0.5, 0.6) is 5.88 Å². The molecule has 6 nitrogen and oxygen atoms in total. The molecular formula is C11H13F2N3O3S. The molecule has 1 aromatic rings. The van der Waals surface area contributed by atoms with Gasteiger partial charge in [0.05, 0.1) is 0 Å². The van der Waals surface area contributed by atoms with Crippen LogP contribution in [0.4, 0.5) is 8.78 Å². The van der Waals surface area contributed by atoms with Crippen molar-refractivity contribution in [3.63, 3.8) is 0 Å². The van der Waals surface area contributed by atoms with Crippen molar-refractivity contribution < 1.29 is 18.7 Å². The van der Waals surface area contributed by atoms with Crippen molar-refractivity contribution in [3.05, 3.63) is 20.7 Å². The molecule has 1 amide bonds. The van der Waals surface area contributed by atoms with Crippen LogP contribution < -0.4 is 10.9 Å². The summed E-state index contributed by atoms with van der Waals surface area (Å²) >= 11 is 4.63. The zero-order chi connectivity index (χ0) is 14.9. The van der Waals surface area contributed by atoms with E-state index in [2.05, 4.69) is 27.5 Å². The first-order valence-electron chi connectivity index (χ1n) is 6.03. The van der Waals surface area contributed by atoms with Crippen molar-refractivity contribution in [2.75, 3.05) is 0 Å². The van der Waals surface area contributed by atoms with Crippen LogP contribution in [0.3, 0.4) is 0 Å². The zero-order valence-corrected chi connectivity index (χ0v) is 11.2. The number of H-pyrrole nitrogens is 2. The number of aromatic nitrogens is 2. The minimum absolute atomic E-state index is 0.110. The molecular weight excluding hydrogens is 292 g/mol. The van der Waals surface area contributed by atoms with Gasteiger partial charge in [-0.15, -0.1) is 0 Å². The van der Waals surface area contributed by atoms with Gasteiger partial charge in [0, 0.05) is 18.9 Å². The second-order valence-corrected chi connectivity index (χ2v) is 5.14. The summed E-state index contributed by atoms with van der Waals surface area (Å²) in [6.07, 6.45) is -0.366. The highest BCUT2D eigenvalue weighted by Gasteiger charge is 2.35. The van der Waals surface area contributed by atoms with Gasteiger partial charge in [0.2, 0.25) is 11.8 Å². The van der Waals surface area contributed by atoms with Crippen LogP contribution in [0, 0.1) is 4.77 Å². The van der Waals surface area contributed by atoms with E-state index in [0.29, 0.717) is 0 Å². The topological polar surface area (TPSA) is 98.0 Å². The monoisotopic (exact) mass is 305 g/mol. The van der Waals surface area contributed by atoms with Gasteiger partial charge in [0.25, 0.3) is 11.5 Å². The highest BCUT2D eigenvalue weighted by atomic mass is 32.1. The number of amides is 1. The lowest BCUT2D eigenvalue weighted by Gasteiger charge is -2.28. The second kappa shape index (κ2) is 5.31. The van der Waals surface area contributed by atoms with Gasteiger partial charge in [-0.2, -0.15) is 0 Å². The van der Waals surface area contributed by atoms with Gasteiger partial charge in [0.1, 0.15) is 0 Å². The molecule has 1 saturated carbocycles. The fourth-order valence-electron chi connectivity index (χ4n) is 2.13. The highest BCUT2D eigenvalue weighted by molar-refractivity contribution is 7.71. The minimum Gasteiger partial charge on any atom is -0.494 e. The van der Waals surface area contributed by atoms with E-state index < -0.39 is 34.9 Å².